The zero-order valence-corrected chi connectivity index (χ0v) is 14.9. The van der Waals surface area contributed by atoms with E-state index in [-0.39, 0.29) is 42.9 Å². The van der Waals surface area contributed by atoms with Crippen molar-refractivity contribution in [1.29, 1.82) is 0 Å². The predicted molar refractivity (Wildman–Crippen MR) is 85.4 cm³/mol. The highest BCUT2D eigenvalue weighted by molar-refractivity contribution is 7.16. The van der Waals surface area contributed by atoms with Gasteiger partial charge in [-0.15, -0.1) is 0 Å². The van der Waals surface area contributed by atoms with Gasteiger partial charge in [-0.25, -0.2) is 9.50 Å². The number of hydrogen-bond acceptors (Lipinski definition) is 5. The van der Waals surface area contributed by atoms with Crippen LogP contribution in [0, 0.1) is 5.92 Å². The van der Waals surface area contributed by atoms with Crippen LogP contribution in [0.3, 0.4) is 0 Å². The number of alkyl halides is 3. The molecule has 0 saturated carbocycles. The number of likely N-dealkylation sites (tertiary alicyclic amines) is 1. The standard InChI is InChI=1S/C14H16ClF3N4O2S/c1-24-7-10-20-22-9(12(15)19-13(22)25-10)6-21-5-8(4-11(21)23)2-3-14(16,17)18/h8H,2-7H2,1H3. The number of rotatable bonds is 6. The fourth-order valence-corrected chi connectivity index (χ4v) is 4.02. The molecule has 25 heavy (non-hydrogen) atoms. The summed E-state index contributed by atoms with van der Waals surface area (Å²) in [5, 5.41) is 5.32. The zero-order chi connectivity index (χ0) is 18.2. The number of methoxy groups -OCH3 is 1. The largest absolute Gasteiger partial charge is 0.389 e. The SMILES string of the molecule is COCc1nn2c(CN3CC(CCC(F)(F)F)CC3=O)c(Cl)nc2s1. The molecule has 0 aliphatic carbocycles. The molecule has 6 nitrogen and oxygen atoms in total. The minimum atomic E-state index is -4.20. The van der Waals surface area contributed by atoms with Crippen LogP contribution in [-0.2, 0) is 22.7 Å². The van der Waals surface area contributed by atoms with Crippen LogP contribution in [0.2, 0.25) is 5.15 Å². The lowest BCUT2D eigenvalue weighted by Crippen LogP contribution is -2.25. The quantitative estimate of drug-likeness (QED) is 0.751. The normalized spacial score (nSPS) is 18.7. The molecule has 0 bridgehead atoms. The lowest BCUT2D eigenvalue weighted by molar-refractivity contribution is -0.137. The van der Waals surface area contributed by atoms with Gasteiger partial charge in [0.2, 0.25) is 10.9 Å². The van der Waals surface area contributed by atoms with Crippen molar-refractivity contribution in [3.8, 4) is 0 Å². The van der Waals surface area contributed by atoms with Crippen LogP contribution in [-0.4, -0.2) is 45.2 Å². The number of nitrogens with zero attached hydrogens (tertiary/aromatic N) is 4. The molecule has 1 fully saturated rings. The first-order valence-corrected chi connectivity index (χ1v) is 8.82. The Bertz CT molecular complexity index is 776. The summed E-state index contributed by atoms with van der Waals surface area (Å²) in [5.41, 5.74) is 0.556. The minimum absolute atomic E-state index is 0.0457. The van der Waals surface area contributed by atoms with E-state index in [1.54, 1.807) is 11.6 Å². The molecule has 0 N–H and O–H groups in total. The fraction of sp³-hybridized carbons (Fsp3) is 0.643. The summed E-state index contributed by atoms with van der Waals surface area (Å²) in [5.74, 6) is -0.471. The molecule has 0 aromatic carbocycles. The molecular weight excluding hydrogens is 381 g/mol. The maximum absolute atomic E-state index is 12.4. The van der Waals surface area contributed by atoms with Crippen molar-refractivity contribution in [3.05, 3.63) is 15.9 Å². The second kappa shape index (κ2) is 7.08. The molecule has 1 atom stereocenters. The number of aromatic nitrogens is 3. The van der Waals surface area contributed by atoms with E-state index in [0.717, 1.165) is 5.01 Å². The molecule has 138 valence electrons. The second-order valence-electron chi connectivity index (χ2n) is 5.97. The van der Waals surface area contributed by atoms with Crippen LogP contribution < -0.4 is 0 Å². The van der Waals surface area contributed by atoms with Crippen molar-refractivity contribution in [1.82, 2.24) is 19.5 Å². The summed E-state index contributed by atoms with van der Waals surface area (Å²) in [6, 6.07) is 0. The second-order valence-corrected chi connectivity index (χ2v) is 7.37. The van der Waals surface area contributed by atoms with Gasteiger partial charge < -0.3 is 9.64 Å². The molecule has 1 amide bonds. The summed E-state index contributed by atoms with van der Waals surface area (Å²) in [7, 11) is 1.56. The fourth-order valence-electron chi connectivity index (χ4n) is 2.87. The summed E-state index contributed by atoms with van der Waals surface area (Å²) in [6.45, 7) is 0.804. The minimum Gasteiger partial charge on any atom is -0.377 e. The van der Waals surface area contributed by atoms with Gasteiger partial charge in [0.25, 0.3) is 0 Å². The van der Waals surface area contributed by atoms with Crippen LogP contribution in [0.4, 0.5) is 13.2 Å². The Hall–Kier alpha value is -1.39. The molecule has 3 rings (SSSR count). The van der Waals surface area contributed by atoms with Gasteiger partial charge in [0, 0.05) is 26.5 Å². The monoisotopic (exact) mass is 396 g/mol. The molecule has 0 spiro atoms. The average molecular weight is 397 g/mol. The van der Waals surface area contributed by atoms with Gasteiger partial charge >= 0.3 is 6.18 Å². The molecule has 2 aromatic rings. The van der Waals surface area contributed by atoms with Gasteiger partial charge in [0.15, 0.2) is 5.15 Å². The average Bonchev–Trinajstić information content (AvgIpc) is 3.13. The number of carbonyl (C=O) groups excluding carboxylic acids is 1. The van der Waals surface area contributed by atoms with Gasteiger partial charge in [-0.2, -0.15) is 18.3 Å². The highest BCUT2D eigenvalue weighted by atomic mass is 35.5. The Morgan fingerprint density at radius 2 is 2.20 bits per heavy atom. The molecule has 1 saturated heterocycles. The van der Waals surface area contributed by atoms with Crippen LogP contribution in [0.1, 0.15) is 30.0 Å². The van der Waals surface area contributed by atoms with Gasteiger partial charge in [0.1, 0.15) is 10.7 Å². The number of amides is 1. The Morgan fingerprint density at radius 3 is 2.88 bits per heavy atom. The molecule has 0 radical (unpaired) electrons. The van der Waals surface area contributed by atoms with Crippen molar-refractivity contribution in [2.45, 2.75) is 38.6 Å². The highest BCUT2D eigenvalue weighted by Gasteiger charge is 2.35. The van der Waals surface area contributed by atoms with Crippen molar-refractivity contribution in [2.75, 3.05) is 13.7 Å². The first-order valence-electron chi connectivity index (χ1n) is 7.63. The highest BCUT2D eigenvalue weighted by Crippen LogP contribution is 2.31. The topological polar surface area (TPSA) is 59.7 Å². The van der Waals surface area contributed by atoms with E-state index in [1.165, 1.54) is 16.2 Å². The first kappa shape index (κ1) is 18.4. The molecule has 1 aliphatic heterocycles. The van der Waals surface area contributed by atoms with Crippen molar-refractivity contribution < 1.29 is 22.7 Å². The predicted octanol–water partition coefficient (Wildman–Crippen LogP) is 3.28. The van der Waals surface area contributed by atoms with Gasteiger partial charge in [0.05, 0.1) is 13.2 Å². The van der Waals surface area contributed by atoms with Gasteiger partial charge in [-0.3, -0.25) is 4.79 Å². The Kier molecular flexibility index (Phi) is 5.21. The van der Waals surface area contributed by atoms with E-state index in [9.17, 15) is 18.0 Å². The van der Waals surface area contributed by atoms with E-state index in [1.807, 2.05) is 0 Å². The summed E-state index contributed by atoms with van der Waals surface area (Å²) >= 11 is 7.47. The lowest BCUT2D eigenvalue weighted by atomic mass is 10.0. The number of fused-ring (bicyclic) bond motifs is 1. The number of imidazole rings is 1. The number of hydrogen-bond donors (Lipinski definition) is 0. The number of carbonyl (C=O) groups is 1. The maximum Gasteiger partial charge on any atom is 0.389 e. The number of halogens is 4. The van der Waals surface area contributed by atoms with Gasteiger partial charge in [-0.1, -0.05) is 22.9 Å². The first-order chi connectivity index (χ1) is 11.8. The third-order valence-corrected chi connectivity index (χ3v) is 5.21. The van der Waals surface area contributed by atoms with Crippen LogP contribution in [0.5, 0.6) is 0 Å². The molecular formula is C14H16ClF3N4O2S. The molecule has 1 aliphatic rings. The molecule has 1 unspecified atom stereocenters. The summed E-state index contributed by atoms with van der Waals surface area (Å²) in [4.78, 5) is 18.4. The van der Waals surface area contributed by atoms with E-state index < -0.39 is 12.6 Å². The van der Waals surface area contributed by atoms with E-state index in [2.05, 4.69) is 10.1 Å². The smallest absolute Gasteiger partial charge is 0.377 e. The van der Waals surface area contributed by atoms with Crippen LogP contribution >= 0.6 is 22.9 Å². The van der Waals surface area contributed by atoms with Crippen molar-refractivity contribution in [3.63, 3.8) is 0 Å². The lowest BCUT2D eigenvalue weighted by Gasteiger charge is -2.16. The van der Waals surface area contributed by atoms with E-state index >= 15 is 0 Å². The van der Waals surface area contributed by atoms with Gasteiger partial charge in [-0.05, 0) is 12.3 Å². The van der Waals surface area contributed by atoms with E-state index in [0.29, 0.717) is 17.3 Å². The Balaban J connectivity index is 1.70. The van der Waals surface area contributed by atoms with E-state index in [4.69, 9.17) is 16.3 Å². The van der Waals surface area contributed by atoms with Crippen molar-refractivity contribution >= 4 is 33.8 Å². The molecule has 3 heterocycles. The molecule has 11 heteroatoms. The third kappa shape index (κ3) is 4.24. The zero-order valence-electron chi connectivity index (χ0n) is 13.3. The molecule has 2 aromatic heterocycles. The summed E-state index contributed by atoms with van der Waals surface area (Å²) in [6.07, 6.45) is -4.99. The summed E-state index contributed by atoms with van der Waals surface area (Å²) < 4.78 is 43.7. The number of ether oxygens (including phenoxy) is 1. The van der Waals surface area contributed by atoms with Crippen LogP contribution in [0.25, 0.3) is 4.96 Å². The maximum atomic E-state index is 12.4. The Labute approximate surface area is 150 Å². The third-order valence-electron chi connectivity index (χ3n) is 4.03. The van der Waals surface area contributed by atoms with Crippen molar-refractivity contribution in [2.24, 2.45) is 5.92 Å². The van der Waals surface area contributed by atoms with Crippen LogP contribution in [0.15, 0.2) is 0 Å². The Morgan fingerprint density at radius 1 is 1.44 bits per heavy atom.